The molecule has 0 radical (unpaired) electrons. The third-order valence-corrected chi connectivity index (χ3v) is 3.88. The average Bonchev–Trinajstić information content (AvgIpc) is 2.55. The van der Waals surface area contributed by atoms with Gasteiger partial charge in [-0.3, -0.25) is 0 Å². The summed E-state index contributed by atoms with van der Waals surface area (Å²) in [5, 5.41) is 3.93. The first kappa shape index (κ1) is 28.2. The Labute approximate surface area is 183 Å². The van der Waals surface area contributed by atoms with E-state index in [1.807, 2.05) is 0 Å². The molecule has 0 atom stereocenters. The van der Waals surface area contributed by atoms with Crippen LogP contribution in [0.2, 0.25) is 15.5 Å². The summed E-state index contributed by atoms with van der Waals surface area (Å²) in [7, 11) is 0. The van der Waals surface area contributed by atoms with Gasteiger partial charge in [-0.25, -0.2) is 15.0 Å². The summed E-state index contributed by atoms with van der Waals surface area (Å²) >= 11 is 17.2. The Morgan fingerprint density at radius 3 is 1.75 bits per heavy atom. The molecular formula is C17H27BCl3N7-2. The van der Waals surface area contributed by atoms with Gasteiger partial charge in [-0.15, -0.1) is 0 Å². The number of aromatic nitrogens is 4. The van der Waals surface area contributed by atoms with E-state index in [0.29, 0.717) is 22.1 Å². The van der Waals surface area contributed by atoms with E-state index in [4.69, 9.17) is 46.3 Å². The molecule has 5 N–H and O–H groups in total. The number of rotatable bonds is 6. The zero-order chi connectivity index (χ0) is 19.7. The number of anilines is 3. The molecule has 0 aromatic carbocycles. The molecule has 2 aromatic heterocycles. The van der Waals surface area contributed by atoms with Crippen molar-refractivity contribution < 1.29 is 0 Å². The highest BCUT2D eigenvalue weighted by Gasteiger charge is 2.08. The molecular weight excluding hydrogens is 419 g/mol. The number of unbranched alkanes of at least 4 members (excludes halogenated alkanes) is 1. The number of nitrogens with zero attached hydrogens (tertiary/aromatic N) is 4. The molecule has 7 nitrogen and oxygen atoms in total. The van der Waals surface area contributed by atoms with Crippen LogP contribution >= 0.6 is 34.8 Å². The smallest absolute Gasteiger partial charge is 0.223 e. The predicted octanol–water partition coefficient (Wildman–Crippen LogP) is 3.57. The van der Waals surface area contributed by atoms with Gasteiger partial charge < -0.3 is 24.2 Å². The predicted molar refractivity (Wildman–Crippen MR) is 129 cm³/mol. The van der Waals surface area contributed by atoms with Gasteiger partial charge in [-0.05, 0) is 6.42 Å². The van der Waals surface area contributed by atoms with Crippen molar-refractivity contribution in [2.75, 3.05) is 23.3 Å². The molecule has 0 fully saturated rings. The van der Waals surface area contributed by atoms with Crippen molar-refractivity contribution in [2.45, 2.75) is 19.8 Å². The molecule has 0 saturated carbocycles. The Balaban J connectivity index is 0. The Hall–Kier alpha value is -2.03. The Morgan fingerprint density at radius 2 is 1.32 bits per heavy atom. The van der Waals surface area contributed by atoms with Gasteiger partial charge in [0.25, 0.3) is 0 Å². The third-order valence-electron chi connectivity index (χ3n) is 3.02. The molecule has 0 bridgehead atoms. The number of nitrogens with two attached hydrogens (primary N) is 2. The van der Waals surface area contributed by atoms with E-state index in [0.717, 1.165) is 19.4 Å². The van der Waals surface area contributed by atoms with Crippen LogP contribution in [0.25, 0.3) is 12.2 Å². The zero-order valence-corrected chi connectivity index (χ0v) is 17.5. The first-order valence-corrected chi connectivity index (χ1v) is 8.77. The maximum absolute atomic E-state index is 5.91. The van der Waals surface area contributed by atoms with Crippen molar-refractivity contribution in [1.29, 1.82) is 0 Å². The van der Waals surface area contributed by atoms with Gasteiger partial charge in [0.2, 0.25) is 11.9 Å². The maximum Gasteiger partial charge on any atom is 0.223 e. The normalized spacial score (nSPS) is 9.14. The van der Waals surface area contributed by atoms with Crippen molar-refractivity contribution in [3.63, 3.8) is 0 Å². The largest absolute Gasteiger partial charge is 0.369 e. The Kier molecular flexibility index (Phi) is 14.1. The summed E-state index contributed by atoms with van der Waals surface area (Å²) in [5.41, 5.74) is 12.0. The highest BCUT2D eigenvalue weighted by Crippen LogP contribution is 2.23. The van der Waals surface area contributed by atoms with Crippen LogP contribution in [0, 0.1) is 7.43 Å². The van der Waals surface area contributed by atoms with E-state index in [1.54, 1.807) is 6.08 Å². The molecule has 2 aromatic rings. The van der Waals surface area contributed by atoms with Gasteiger partial charge in [-0.2, -0.15) is 4.98 Å². The summed E-state index contributed by atoms with van der Waals surface area (Å²) in [4.78, 5) is 15.3. The van der Waals surface area contributed by atoms with Gasteiger partial charge >= 0.3 is 0 Å². The molecule has 0 aliphatic carbocycles. The number of hydrogen-bond donors (Lipinski definition) is 3. The summed E-state index contributed by atoms with van der Waals surface area (Å²) < 4.78 is 0. The van der Waals surface area contributed by atoms with E-state index in [-0.39, 0.29) is 38.0 Å². The quantitative estimate of drug-likeness (QED) is 0.269. The molecule has 156 valence electrons. The second kappa shape index (κ2) is 14.0. The van der Waals surface area contributed by atoms with E-state index in [1.165, 1.54) is 6.08 Å². The van der Waals surface area contributed by atoms with Crippen molar-refractivity contribution in [3.8, 4) is 0 Å². The second-order valence-corrected chi connectivity index (χ2v) is 5.97. The summed E-state index contributed by atoms with van der Waals surface area (Å²) in [6.45, 7) is 10.1. The molecule has 0 aliphatic heterocycles. The first-order chi connectivity index (χ1) is 12.3. The monoisotopic (exact) mass is 445 g/mol. The van der Waals surface area contributed by atoms with Crippen LogP contribution < -0.4 is 16.8 Å². The van der Waals surface area contributed by atoms with Crippen LogP contribution in [0.4, 0.5) is 17.7 Å². The van der Waals surface area contributed by atoms with Crippen LogP contribution in [0.3, 0.4) is 0 Å². The highest BCUT2D eigenvalue weighted by atomic mass is 35.5. The summed E-state index contributed by atoms with van der Waals surface area (Å²) in [6.07, 6.45) is 5.28. The van der Waals surface area contributed by atoms with E-state index < -0.39 is 0 Å². The lowest BCUT2D eigenvalue weighted by molar-refractivity contribution is 0.830. The molecule has 28 heavy (non-hydrogen) atoms. The standard InChI is InChI=1S/C10H15ClN4.C6H5Cl2N3.CH3.BH4/c1-3-5-6-13-9-7(4-2)8(11)14-10(12)15-9;1-2-3-4(7)10-6(9)11-5(3)8;;/h4H,2-3,5-6H2,1H3,(H3,12,13,14,15);2H,1H2,(H2,9,10,11);1H3;1H4/q;;2*-1. The molecule has 11 heteroatoms. The number of halogens is 3. The van der Waals surface area contributed by atoms with Crippen LogP contribution in [0.1, 0.15) is 30.9 Å². The van der Waals surface area contributed by atoms with Crippen LogP contribution in [0.5, 0.6) is 0 Å². The molecule has 0 saturated heterocycles. The van der Waals surface area contributed by atoms with E-state index in [9.17, 15) is 0 Å². The van der Waals surface area contributed by atoms with Gasteiger partial charge in [0.1, 0.15) is 21.3 Å². The number of nitrogen functional groups attached to an aromatic ring is 2. The minimum Gasteiger partial charge on any atom is -0.369 e. The van der Waals surface area contributed by atoms with Crippen molar-refractivity contribution in [1.82, 2.24) is 19.9 Å². The summed E-state index contributed by atoms with van der Waals surface area (Å²) in [5.74, 6) is 0.881. The van der Waals surface area contributed by atoms with Crippen LogP contribution in [-0.4, -0.2) is 34.9 Å². The number of nitrogens with one attached hydrogen (secondary N) is 1. The molecule has 0 amide bonds. The van der Waals surface area contributed by atoms with Crippen LogP contribution in [0.15, 0.2) is 13.2 Å². The lowest BCUT2D eigenvalue weighted by atomic mass is 10.3. The van der Waals surface area contributed by atoms with Crippen molar-refractivity contribution in [2.24, 2.45) is 0 Å². The lowest BCUT2D eigenvalue weighted by Crippen LogP contribution is -2.08. The topological polar surface area (TPSA) is 116 Å². The summed E-state index contributed by atoms with van der Waals surface area (Å²) in [6, 6.07) is 0. The molecule has 2 heterocycles. The number of hydrogen-bond acceptors (Lipinski definition) is 7. The fourth-order valence-corrected chi connectivity index (χ4v) is 2.57. The average molecular weight is 447 g/mol. The second-order valence-electron chi connectivity index (χ2n) is 4.90. The van der Waals surface area contributed by atoms with Gasteiger partial charge in [-0.1, -0.05) is 81.9 Å². The zero-order valence-electron chi connectivity index (χ0n) is 15.3. The Bertz CT molecular complexity index is 765. The van der Waals surface area contributed by atoms with Crippen molar-refractivity contribution >= 4 is 73.1 Å². The van der Waals surface area contributed by atoms with Gasteiger partial charge in [0, 0.05) is 12.1 Å². The molecule has 2 rings (SSSR count). The van der Waals surface area contributed by atoms with Gasteiger partial charge in [0.15, 0.2) is 0 Å². The third kappa shape index (κ3) is 8.33. The van der Waals surface area contributed by atoms with E-state index >= 15 is 0 Å². The fourth-order valence-electron chi connectivity index (χ4n) is 1.76. The molecule has 0 aliphatic rings. The lowest BCUT2D eigenvalue weighted by Gasteiger charge is -2.09. The van der Waals surface area contributed by atoms with E-state index in [2.05, 4.69) is 45.3 Å². The first-order valence-electron chi connectivity index (χ1n) is 7.64. The maximum atomic E-state index is 5.91. The Morgan fingerprint density at radius 1 is 0.893 bits per heavy atom. The molecule has 0 spiro atoms. The molecule has 0 unspecified atom stereocenters. The minimum absolute atomic E-state index is 0. The van der Waals surface area contributed by atoms with Gasteiger partial charge in [0.05, 0.1) is 5.56 Å². The van der Waals surface area contributed by atoms with Crippen LogP contribution in [-0.2, 0) is 0 Å². The highest BCUT2D eigenvalue weighted by molar-refractivity contribution is 6.35. The minimum atomic E-state index is 0. The SMILES string of the molecule is C=Cc1c(Cl)nc(N)nc1Cl.C=Cc1c(Cl)nc(N)nc1NCCCC.[BH4-].[CH3-]. The fraction of sp³-hybridized carbons (Fsp3) is 0.235. The van der Waals surface area contributed by atoms with Crippen molar-refractivity contribution in [3.05, 3.63) is 47.2 Å².